The lowest BCUT2D eigenvalue weighted by molar-refractivity contribution is 0.102. The summed E-state index contributed by atoms with van der Waals surface area (Å²) in [5, 5.41) is 6.20. The van der Waals surface area contributed by atoms with Crippen molar-refractivity contribution in [1.29, 1.82) is 0 Å². The van der Waals surface area contributed by atoms with Crippen molar-refractivity contribution in [2.45, 2.75) is 27.2 Å². The zero-order valence-electron chi connectivity index (χ0n) is 15.7. The highest BCUT2D eigenvalue weighted by Gasteiger charge is 2.12. The number of hydrogen-bond acceptors (Lipinski definition) is 5. The molecule has 0 fully saturated rings. The lowest BCUT2D eigenvalue weighted by atomic mass is 10.1. The zero-order chi connectivity index (χ0) is 18.4. The minimum atomic E-state index is -0.226. The normalized spacial score (nSPS) is 10.8. The molecule has 2 aromatic rings. The van der Waals surface area contributed by atoms with E-state index in [2.05, 4.69) is 25.5 Å². The van der Waals surface area contributed by atoms with Crippen molar-refractivity contribution in [3.63, 3.8) is 0 Å². The van der Waals surface area contributed by atoms with Gasteiger partial charge in [-0.2, -0.15) is 0 Å². The van der Waals surface area contributed by atoms with Gasteiger partial charge in [-0.15, -0.1) is 0 Å². The summed E-state index contributed by atoms with van der Waals surface area (Å²) in [5.74, 6) is 1.02. The fourth-order valence-electron chi connectivity index (χ4n) is 2.46. The summed E-state index contributed by atoms with van der Waals surface area (Å²) in [6.07, 6.45) is 1.00. The van der Waals surface area contributed by atoms with E-state index in [1.54, 1.807) is 13.0 Å². The van der Waals surface area contributed by atoms with E-state index in [1.165, 1.54) is 0 Å². The highest BCUT2D eigenvalue weighted by molar-refractivity contribution is 6.03. The van der Waals surface area contributed by atoms with Gasteiger partial charge in [-0.25, -0.2) is 9.97 Å². The maximum absolute atomic E-state index is 12.6. The van der Waals surface area contributed by atoms with Gasteiger partial charge in [0, 0.05) is 18.3 Å². The van der Waals surface area contributed by atoms with Crippen LogP contribution >= 0.6 is 0 Å². The van der Waals surface area contributed by atoms with Crippen LogP contribution in [0.1, 0.15) is 33.9 Å². The first kappa shape index (κ1) is 18.9. The second-order valence-electron chi connectivity index (χ2n) is 6.47. The van der Waals surface area contributed by atoms with Crippen molar-refractivity contribution in [3.8, 4) is 0 Å². The quantitative estimate of drug-likeness (QED) is 0.758. The average Bonchev–Trinajstić information content (AvgIpc) is 2.55. The molecule has 6 nitrogen and oxygen atoms in total. The number of benzene rings is 1. The summed E-state index contributed by atoms with van der Waals surface area (Å²) in [6, 6.07) is 7.55. The summed E-state index contributed by atoms with van der Waals surface area (Å²) >= 11 is 0. The van der Waals surface area contributed by atoms with E-state index >= 15 is 0 Å². The van der Waals surface area contributed by atoms with Gasteiger partial charge in [0.15, 0.2) is 0 Å². The molecule has 6 heteroatoms. The molecule has 0 radical (unpaired) electrons. The first-order valence-corrected chi connectivity index (χ1v) is 8.48. The van der Waals surface area contributed by atoms with Crippen LogP contribution in [-0.2, 0) is 0 Å². The zero-order valence-corrected chi connectivity index (χ0v) is 15.7. The van der Waals surface area contributed by atoms with E-state index in [4.69, 9.17) is 0 Å². The lowest BCUT2D eigenvalue weighted by Gasteiger charge is -2.12. The molecule has 0 saturated carbocycles. The molecule has 0 aliphatic rings. The number of aryl methyl sites for hydroxylation is 2. The Morgan fingerprint density at radius 3 is 2.64 bits per heavy atom. The SMILES string of the molecule is Cc1nc(NCCCN(C)C)cc(C(=O)Nc2cccc(C)c2C)n1. The molecular formula is C19H27N5O. The van der Waals surface area contributed by atoms with Crippen LogP contribution in [0.3, 0.4) is 0 Å². The van der Waals surface area contributed by atoms with Crippen molar-refractivity contribution in [3.05, 3.63) is 46.9 Å². The smallest absolute Gasteiger partial charge is 0.274 e. The van der Waals surface area contributed by atoms with Crippen LogP contribution in [0.5, 0.6) is 0 Å². The van der Waals surface area contributed by atoms with Gasteiger partial charge in [-0.05, 0) is 65.0 Å². The molecule has 2 N–H and O–H groups in total. The van der Waals surface area contributed by atoms with Crippen LogP contribution in [0, 0.1) is 20.8 Å². The van der Waals surface area contributed by atoms with Gasteiger partial charge in [0.2, 0.25) is 0 Å². The minimum absolute atomic E-state index is 0.226. The van der Waals surface area contributed by atoms with E-state index in [-0.39, 0.29) is 5.91 Å². The van der Waals surface area contributed by atoms with Gasteiger partial charge >= 0.3 is 0 Å². The topological polar surface area (TPSA) is 70.2 Å². The van der Waals surface area contributed by atoms with Gasteiger partial charge in [0.25, 0.3) is 5.91 Å². The van der Waals surface area contributed by atoms with Gasteiger partial charge in [-0.1, -0.05) is 12.1 Å². The maximum Gasteiger partial charge on any atom is 0.274 e. The Morgan fingerprint density at radius 1 is 1.16 bits per heavy atom. The molecule has 25 heavy (non-hydrogen) atoms. The predicted octanol–water partition coefficient (Wildman–Crippen LogP) is 3.02. The standard InChI is InChI=1S/C19H27N5O/c1-13-8-6-9-16(14(13)2)23-19(25)17-12-18(22-15(3)21-17)20-10-7-11-24(4)5/h6,8-9,12H,7,10-11H2,1-5H3,(H,23,25)(H,20,21,22). The van der Waals surface area contributed by atoms with Gasteiger partial charge < -0.3 is 15.5 Å². The van der Waals surface area contributed by atoms with Crippen molar-refractivity contribution < 1.29 is 4.79 Å². The predicted molar refractivity (Wildman–Crippen MR) is 102 cm³/mol. The van der Waals surface area contributed by atoms with E-state index < -0.39 is 0 Å². The Bertz CT molecular complexity index is 743. The molecule has 1 heterocycles. The molecule has 0 saturated heterocycles. The third-order valence-corrected chi connectivity index (χ3v) is 4.01. The number of nitrogens with one attached hydrogen (secondary N) is 2. The van der Waals surface area contributed by atoms with E-state index in [0.29, 0.717) is 17.3 Å². The van der Waals surface area contributed by atoms with Crippen LogP contribution in [0.2, 0.25) is 0 Å². The second kappa shape index (κ2) is 8.58. The molecule has 1 aromatic carbocycles. The number of anilines is 2. The van der Waals surface area contributed by atoms with E-state index in [0.717, 1.165) is 36.3 Å². The Labute approximate surface area is 149 Å². The maximum atomic E-state index is 12.6. The molecule has 0 atom stereocenters. The number of nitrogens with zero attached hydrogens (tertiary/aromatic N) is 3. The molecule has 2 rings (SSSR count). The fraction of sp³-hybridized carbons (Fsp3) is 0.421. The number of hydrogen-bond donors (Lipinski definition) is 2. The van der Waals surface area contributed by atoms with Crippen LogP contribution in [0.4, 0.5) is 11.5 Å². The molecular weight excluding hydrogens is 314 g/mol. The van der Waals surface area contributed by atoms with Crippen molar-refractivity contribution in [1.82, 2.24) is 14.9 Å². The van der Waals surface area contributed by atoms with Crippen LogP contribution < -0.4 is 10.6 Å². The third-order valence-electron chi connectivity index (χ3n) is 4.01. The number of rotatable bonds is 7. The third kappa shape index (κ3) is 5.53. The molecule has 0 aliphatic heterocycles. The van der Waals surface area contributed by atoms with Crippen molar-refractivity contribution in [2.24, 2.45) is 0 Å². The number of amides is 1. The summed E-state index contributed by atoms with van der Waals surface area (Å²) in [7, 11) is 4.09. The fourth-order valence-corrected chi connectivity index (χ4v) is 2.46. The van der Waals surface area contributed by atoms with Crippen molar-refractivity contribution in [2.75, 3.05) is 37.8 Å². The Kier molecular flexibility index (Phi) is 6.47. The first-order chi connectivity index (χ1) is 11.9. The highest BCUT2D eigenvalue weighted by atomic mass is 16.1. The monoisotopic (exact) mass is 341 g/mol. The van der Waals surface area contributed by atoms with Crippen LogP contribution in [0.25, 0.3) is 0 Å². The summed E-state index contributed by atoms with van der Waals surface area (Å²) < 4.78 is 0. The summed E-state index contributed by atoms with van der Waals surface area (Å²) in [5.41, 5.74) is 3.37. The van der Waals surface area contributed by atoms with Gasteiger partial charge in [-0.3, -0.25) is 4.79 Å². The van der Waals surface area contributed by atoms with E-state index in [9.17, 15) is 4.79 Å². The molecule has 0 unspecified atom stereocenters. The van der Waals surface area contributed by atoms with E-state index in [1.807, 2.05) is 46.1 Å². The molecule has 1 amide bonds. The van der Waals surface area contributed by atoms with Gasteiger partial charge in [0.05, 0.1) is 0 Å². The summed E-state index contributed by atoms with van der Waals surface area (Å²) in [4.78, 5) is 23.3. The molecule has 1 aromatic heterocycles. The molecule has 134 valence electrons. The molecule has 0 aliphatic carbocycles. The van der Waals surface area contributed by atoms with Crippen LogP contribution in [-0.4, -0.2) is 48.0 Å². The first-order valence-electron chi connectivity index (χ1n) is 8.48. The lowest BCUT2D eigenvalue weighted by Crippen LogP contribution is -2.18. The molecule has 0 bridgehead atoms. The summed E-state index contributed by atoms with van der Waals surface area (Å²) in [6.45, 7) is 7.60. The number of aromatic nitrogens is 2. The van der Waals surface area contributed by atoms with Crippen molar-refractivity contribution >= 4 is 17.4 Å². The Hall–Kier alpha value is -2.47. The van der Waals surface area contributed by atoms with Gasteiger partial charge in [0.1, 0.15) is 17.3 Å². The Morgan fingerprint density at radius 2 is 1.92 bits per heavy atom. The highest BCUT2D eigenvalue weighted by Crippen LogP contribution is 2.19. The molecule has 0 spiro atoms. The number of carbonyl (C=O) groups excluding carboxylic acids is 1. The average molecular weight is 341 g/mol. The number of carbonyl (C=O) groups is 1. The van der Waals surface area contributed by atoms with Crippen LogP contribution in [0.15, 0.2) is 24.3 Å². The minimum Gasteiger partial charge on any atom is -0.370 e. The largest absolute Gasteiger partial charge is 0.370 e. The second-order valence-corrected chi connectivity index (χ2v) is 6.47. The Balaban J connectivity index is 2.07.